The van der Waals surface area contributed by atoms with E-state index in [1.165, 1.54) is 14.2 Å². The molecule has 4 aromatic rings. The Hall–Kier alpha value is -4.13. The second kappa shape index (κ2) is 9.99. The summed E-state index contributed by atoms with van der Waals surface area (Å²) < 4.78 is 0. The van der Waals surface area contributed by atoms with Gasteiger partial charge in [-0.25, -0.2) is 4.79 Å². The first-order valence-electron chi connectivity index (χ1n) is 10.2. The fourth-order valence-electron chi connectivity index (χ4n) is 3.53. The van der Waals surface area contributed by atoms with Crippen LogP contribution in [0.15, 0.2) is 91.0 Å². The lowest BCUT2D eigenvalue weighted by Crippen LogP contribution is -1.95. The van der Waals surface area contributed by atoms with Crippen molar-refractivity contribution >= 4 is 5.97 Å². The van der Waals surface area contributed by atoms with Crippen molar-refractivity contribution in [2.75, 3.05) is 14.2 Å². The molecule has 0 heterocycles. The van der Waals surface area contributed by atoms with Crippen molar-refractivity contribution in [2.24, 2.45) is 0 Å². The molecule has 0 aliphatic heterocycles. The number of carboxylic acids is 1. The molecule has 0 spiro atoms. The van der Waals surface area contributed by atoms with Crippen molar-refractivity contribution in [1.82, 2.24) is 0 Å². The molecule has 0 unspecified atom stereocenters. The van der Waals surface area contributed by atoms with E-state index in [0.29, 0.717) is 11.5 Å². The van der Waals surface area contributed by atoms with E-state index in [4.69, 9.17) is 19.6 Å². The molecular weight excluding hydrogens is 420 g/mol. The van der Waals surface area contributed by atoms with E-state index in [9.17, 15) is 9.90 Å². The van der Waals surface area contributed by atoms with Crippen LogP contribution < -0.4 is 9.78 Å². The molecule has 0 amide bonds. The van der Waals surface area contributed by atoms with Crippen molar-refractivity contribution in [1.29, 1.82) is 0 Å². The van der Waals surface area contributed by atoms with Crippen LogP contribution in [-0.4, -0.2) is 25.3 Å². The maximum atomic E-state index is 11.2. The Morgan fingerprint density at radius 2 is 0.879 bits per heavy atom. The maximum Gasteiger partial charge on any atom is 0.335 e. The summed E-state index contributed by atoms with van der Waals surface area (Å²) in [6.45, 7) is 0. The molecule has 1 N–H and O–H groups in total. The number of aromatic carboxylic acids is 1. The van der Waals surface area contributed by atoms with Gasteiger partial charge in [0.15, 0.2) is 11.5 Å². The van der Waals surface area contributed by atoms with Crippen LogP contribution >= 0.6 is 0 Å². The molecule has 0 aromatic heterocycles. The largest absolute Gasteiger partial charge is 0.478 e. The molecule has 0 aliphatic carbocycles. The molecule has 0 aliphatic rings. The van der Waals surface area contributed by atoms with E-state index >= 15 is 0 Å². The van der Waals surface area contributed by atoms with E-state index in [0.717, 1.165) is 33.4 Å². The topological polar surface area (TPSA) is 74.2 Å². The molecule has 4 aromatic carbocycles. The highest BCUT2D eigenvalue weighted by atomic mass is 17.2. The highest BCUT2D eigenvalue weighted by Gasteiger charge is 2.10. The van der Waals surface area contributed by atoms with Crippen molar-refractivity contribution < 1.29 is 29.5 Å². The summed E-state index contributed by atoms with van der Waals surface area (Å²) in [5.41, 5.74) is 6.15. The van der Waals surface area contributed by atoms with E-state index in [2.05, 4.69) is 18.2 Å². The second-order valence-electron chi connectivity index (χ2n) is 7.23. The first kappa shape index (κ1) is 22.1. The Morgan fingerprint density at radius 3 is 1.18 bits per heavy atom. The van der Waals surface area contributed by atoms with Crippen LogP contribution in [0.1, 0.15) is 10.4 Å². The van der Waals surface area contributed by atoms with E-state index < -0.39 is 5.97 Å². The summed E-state index contributed by atoms with van der Waals surface area (Å²) in [4.78, 5) is 30.8. The molecule has 4 rings (SSSR count). The summed E-state index contributed by atoms with van der Waals surface area (Å²) in [5.74, 6) is 0.263. The van der Waals surface area contributed by atoms with Crippen LogP contribution in [0, 0.1) is 0 Å². The molecule has 0 saturated heterocycles. The third-order valence-corrected chi connectivity index (χ3v) is 5.13. The number of benzene rings is 4. The van der Waals surface area contributed by atoms with Gasteiger partial charge in [0.05, 0.1) is 19.8 Å². The summed E-state index contributed by atoms with van der Waals surface area (Å²) >= 11 is 0. The van der Waals surface area contributed by atoms with Gasteiger partial charge in [0, 0.05) is 0 Å². The van der Waals surface area contributed by atoms with Gasteiger partial charge in [0.25, 0.3) is 0 Å². The van der Waals surface area contributed by atoms with E-state index in [1.807, 2.05) is 60.7 Å². The highest BCUT2D eigenvalue weighted by molar-refractivity contribution is 5.89. The third kappa shape index (κ3) is 5.20. The van der Waals surface area contributed by atoms with Crippen LogP contribution in [0.4, 0.5) is 0 Å². The highest BCUT2D eigenvalue weighted by Crippen LogP contribution is 2.34. The van der Waals surface area contributed by atoms with E-state index in [1.54, 1.807) is 12.1 Å². The van der Waals surface area contributed by atoms with Gasteiger partial charge in [0.2, 0.25) is 0 Å². The van der Waals surface area contributed by atoms with Gasteiger partial charge in [-0.15, -0.1) is 0 Å². The first-order chi connectivity index (χ1) is 16.1. The fraction of sp³-hybridized carbons (Fsp3) is 0.0741. The number of hydrogen-bond acceptors (Lipinski definition) is 5. The number of hydrogen-bond donors (Lipinski definition) is 1. The molecule has 0 bridgehead atoms. The first-order valence-corrected chi connectivity index (χ1v) is 10.2. The van der Waals surface area contributed by atoms with Crippen LogP contribution in [0.2, 0.25) is 0 Å². The van der Waals surface area contributed by atoms with E-state index in [-0.39, 0.29) is 5.56 Å². The summed E-state index contributed by atoms with van der Waals surface area (Å²) in [7, 11) is 2.92. The zero-order valence-corrected chi connectivity index (χ0v) is 18.1. The van der Waals surface area contributed by atoms with Crippen LogP contribution in [0.5, 0.6) is 11.5 Å². The van der Waals surface area contributed by atoms with Gasteiger partial charge in [0.1, 0.15) is 0 Å². The SMILES string of the molecule is COOc1ccc(-c2cc(-c3ccc(OOC)cc3)cc(-c3ccc(C(=O)O)cc3)c2)cc1. The molecule has 0 saturated carbocycles. The van der Waals surface area contributed by atoms with Crippen LogP contribution in [-0.2, 0) is 9.78 Å². The molecule has 33 heavy (non-hydrogen) atoms. The predicted molar refractivity (Wildman–Crippen MR) is 125 cm³/mol. The number of rotatable bonds is 8. The van der Waals surface area contributed by atoms with Gasteiger partial charge in [-0.1, -0.05) is 36.4 Å². The van der Waals surface area contributed by atoms with Crippen molar-refractivity contribution in [2.45, 2.75) is 0 Å². The minimum atomic E-state index is -0.951. The van der Waals surface area contributed by atoms with Crippen molar-refractivity contribution in [3.8, 4) is 44.9 Å². The Bertz CT molecular complexity index is 1160. The molecule has 6 nitrogen and oxygen atoms in total. The number of carboxylic acid groups (broad SMARTS) is 1. The van der Waals surface area contributed by atoms with Gasteiger partial charge in [-0.05, 0) is 88.0 Å². The van der Waals surface area contributed by atoms with Gasteiger partial charge in [-0.2, -0.15) is 9.78 Å². The number of carbonyl (C=O) groups is 1. The smallest absolute Gasteiger partial charge is 0.335 e. The lowest BCUT2D eigenvalue weighted by molar-refractivity contribution is -0.178. The van der Waals surface area contributed by atoms with Crippen molar-refractivity contribution in [3.63, 3.8) is 0 Å². The molecular formula is C27H22O6. The Balaban J connectivity index is 1.79. The van der Waals surface area contributed by atoms with Crippen LogP contribution in [0.25, 0.3) is 33.4 Å². The average molecular weight is 442 g/mol. The third-order valence-electron chi connectivity index (χ3n) is 5.13. The molecule has 0 atom stereocenters. The Labute approximate surface area is 191 Å². The van der Waals surface area contributed by atoms with Gasteiger partial charge in [-0.3, -0.25) is 0 Å². The maximum absolute atomic E-state index is 11.2. The summed E-state index contributed by atoms with van der Waals surface area (Å²) in [6, 6.07) is 28.3. The summed E-state index contributed by atoms with van der Waals surface area (Å²) in [5, 5.41) is 9.21. The molecule has 0 fully saturated rings. The van der Waals surface area contributed by atoms with Gasteiger partial charge < -0.3 is 14.9 Å². The minimum Gasteiger partial charge on any atom is -0.478 e. The standard InChI is InChI=1S/C27H22O6/c1-30-32-25-11-7-19(8-12-25)23-15-22(18-3-5-21(6-4-18)27(28)29)16-24(17-23)20-9-13-26(14-10-20)33-31-2/h3-17H,1-2H3,(H,28,29). The Kier molecular flexibility index (Phi) is 6.69. The predicted octanol–water partition coefficient (Wildman–Crippen LogP) is 6.27. The zero-order valence-electron chi connectivity index (χ0n) is 18.1. The zero-order chi connectivity index (χ0) is 23.2. The minimum absolute atomic E-state index is 0.248. The normalized spacial score (nSPS) is 10.6. The van der Waals surface area contributed by atoms with Crippen molar-refractivity contribution in [3.05, 3.63) is 96.6 Å². The molecule has 166 valence electrons. The van der Waals surface area contributed by atoms with Crippen LogP contribution in [0.3, 0.4) is 0 Å². The molecule has 0 radical (unpaired) electrons. The second-order valence-corrected chi connectivity index (χ2v) is 7.23. The lowest BCUT2D eigenvalue weighted by Gasteiger charge is -2.12. The molecule has 6 heteroatoms. The quantitative estimate of drug-likeness (QED) is 0.256. The summed E-state index contributed by atoms with van der Waals surface area (Å²) in [6.07, 6.45) is 0. The fourth-order valence-corrected chi connectivity index (χ4v) is 3.53. The average Bonchev–Trinajstić information content (AvgIpc) is 2.85. The Morgan fingerprint density at radius 1 is 0.545 bits per heavy atom. The monoisotopic (exact) mass is 442 g/mol. The lowest BCUT2D eigenvalue weighted by atomic mass is 9.93. The van der Waals surface area contributed by atoms with Gasteiger partial charge >= 0.3 is 5.97 Å².